The maximum absolute atomic E-state index is 12.1. The van der Waals surface area contributed by atoms with Crippen LogP contribution in [0.2, 0.25) is 0 Å². The molecule has 0 unspecified atom stereocenters. The number of sulfonamides is 1. The molecule has 22 heavy (non-hydrogen) atoms. The minimum absolute atomic E-state index is 0.0910. The minimum Gasteiger partial charge on any atom is -0.338 e. The van der Waals surface area contributed by atoms with Crippen LogP contribution in [-0.4, -0.2) is 32.4 Å². The van der Waals surface area contributed by atoms with Crippen molar-refractivity contribution in [1.82, 2.24) is 10.2 Å². The van der Waals surface area contributed by atoms with Crippen LogP contribution in [0.3, 0.4) is 0 Å². The van der Waals surface area contributed by atoms with Crippen molar-refractivity contribution in [2.75, 3.05) is 13.1 Å². The van der Waals surface area contributed by atoms with Crippen molar-refractivity contribution in [3.63, 3.8) is 0 Å². The fourth-order valence-corrected chi connectivity index (χ4v) is 3.03. The number of nitrogens with one attached hydrogen (secondary N) is 1. The van der Waals surface area contributed by atoms with Crippen LogP contribution in [0.15, 0.2) is 23.1 Å². The van der Waals surface area contributed by atoms with E-state index in [1.54, 1.807) is 17.0 Å². The smallest absolute Gasteiger partial charge is 0.317 e. The largest absolute Gasteiger partial charge is 0.338 e. The van der Waals surface area contributed by atoms with E-state index in [0.29, 0.717) is 25.6 Å². The molecule has 1 aliphatic rings. The van der Waals surface area contributed by atoms with Crippen LogP contribution in [0.5, 0.6) is 0 Å². The van der Waals surface area contributed by atoms with Crippen LogP contribution in [0.25, 0.3) is 0 Å². The molecule has 2 amide bonds. The number of fused-ring (bicyclic) bond motifs is 1. The summed E-state index contributed by atoms with van der Waals surface area (Å²) in [5.41, 5.74) is 1.91. The molecule has 122 valence electrons. The van der Waals surface area contributed by atoms with Gasteiger partial charge in [-0.05, 0) is 42.0 Å². The highest BCUT2D eigenvalue weighted by Gasteiger charge is 2.22. The van der Waals surface area contributed by atoms with Gasteiger partial charge in [-0.25, -0.2) is 18.4 Å². The van der Waals surface area contributed by atoms with Crippen LogP contribution < -0.4 is 10.5 Å². The highest BCUT2D eigenvalue weighted by atomic mass is 32.2. The number of urea groups is 1. The summed E-state index contributed by atoms with van der Waals surface area (Å²) >= 11 is 0. The molecule has 0 aromatic heterocycles. The van der Waals surface area contributed by atoms with E-state index in [4.69, 9.17) is 5.14 Å². The Bertz CT molecular complexity index is 656. The van der Waals surface area contributed by atoms with Crippen molar-refractivity contribution < 1.29 is 13.2 Å². The van der Waals surface area contributed by atoms with Gasteiger partial charge in [0, 0.05) is 19.6 Å². The Morgan fingerprint density at radius 3 is 2.73 bits per heavy atom. The molecule has 0 aliphatic carbocycles. The van der Waals surface area contributed by atoms with E-state index in [1.807, 2.05) is 0 Å². The van der Waals surface area contributed by atoms with Crippen LogP contribution in [-0.2, 0) is 23.0 Å². The normalized spacial score (nSPS) is 14.8. The lowest BCUT2D eigenvalue weighted by molar-refractivity contribution is 0.192. The fourth-order valence-electron chi connectivity index (χ4n) is 2.46. The van der Waals surface area contributed by atoms with E-state index in [2.05, 4.69) is 19.2 Å². The van der Waals surface area contributed by atoms with Gasteiger partial charge in [-0.2, -0.15) is 0 Å². The first-order chi connectivity index (χ1) is 10.3. The van der Waals surface area contributed by atoms with Gasteiger partial charge in [0.15, 0.2) is 0 Å². The van der Waals surface area contributed by atoms with E-state index >= 15 is 0 Å². The summed E-state index contributed by atoms with van der Waals surface area (Å²) in [6, 6.07) is 4.76. The van der Waals surface area contributed by atoms with Crippen molar-refractivity contribution in [3.8, 4) is 0 Å². The summed E-state index contributed by atoms with van der Waals surface area (Å²) in [6.45, 7) is 5.91. The number of primary sulfonamides is 1. The predicted molar refractivity (Wildman–Crippen MR) is 84.8 cm³/mol. The van der Waals surface area contributed by atoms with Crippen molar-refractivity contribution >= 4 is 16.1 Å². The monoisotopic (exact) mass is 325 g/mol. The third kappa shape index (κ3) is 4.20. The highest BCUT2D eigenvalue weighted by molar-refractivity contribution is 7.89. The van der Waals surface area contributed by atoms with Crippen molar-refractivity contribution in [1.29, 1.82) is 0 Å². The lowest BCUT2D eigenvalue weighted by Crippen LogP contribution is -2.43. The first-order valence-corrected chi connectivity index (χ1v) is 8.99. The molecule has 0 saturated carbocycles. The summed E-state index contributed by atoms with van der Waals surface area (Å²) in [7, 11) is -3.72. The van der Waals surface area contributed by atoms with Crippen molar-refractivity contribution in [2.45, 2.75) is 38.1 Å². The highest BCUT2D eigenvalue weighted by Crippen LogP contribution is 2.22. The summed E-state index contributed by atoms with van der Waals surface area (Å²) in [5.74, 6) is 0.541. The van der Waals surface area contributed by atoms with Crippen LogP contribution in [0.4, 0.5) is 4.79 Å². The second-order valence-electron chi connectivity index (χ2n) is 6.06. The number of rotatable bonds is 4. The molecule has 1 aromatic rings. The number of carbonyl (C=O) groups is 1. The molecule has 0 saturated heterocycles. The summed E-state index contributed by atoms with van der Waals surface area (Å²) in [6.07, 6.45) is 1.66. The molecule has 0 spiro atoms. The van der Waals surface area contributed by atoms with Crippen LogP contribution >= 0.6 is 0 Å². The Morgan fingerprint density at radius 1 is 1.36 bits per heavy atom. The van der Waals surface area contributed by atoms with Crippen LogP contribution in [0.1, 0.15) is 31.4 Å². The molecule has 7 heteroatoms. The minimum atomic E-state index is -3.72. The summed E-state index contributed by atoms with van der Waals surface area (Å²) in [5, 5.41) is 8.06. The number of nitrogens with two attached hydrogens (primary N) is 1. The zero-order chi connectivity index (χ0) is 16.3. The molecule has 0 bridgehead atoms. The molecule has 2 rings (SSSR count). The molecule has 3 N–H and O–H groups in total. The maximum atomic E-state index is 12.1. The van der Waals surface area contributed by atoms with Gasteiger partial charge < -0.3 is 10.2 Å². The lowest BCUT2D eigenvalue weighted by Gasteiger charge is -2.29. The number of hydrogen-bond acceptors (Lipinski definition) is 3. The fraction of sp³-hybridized carbons (Fsp3) is 0.533. The van der Waals surface area contributed by atoms with Gasteiger partial charge in [0.25, 0.3) is 0 Å². The average molecular weight is 325 g/mol. The van der Waals surface area contributed by atoms with Crippen molar-refractivity contribution in [2.24, 2.45) is 11.1 Å². The molecule has 1 heterocycles. The molecule has 0 fully saturated rings. The third-order valence-electron chi connectivity index (χ3n) is 3.80. The second-order valence-corrected chi connectivity index (χ2v) is 7.62. The lowest BCUT2D eigenvalue weighted by atomic mass is 10.0. The SMILES string of the molecule is CC(C)CCNC(=O)N1CCc2ccc(S(N)(=O)=O)cc2C1. The number of hydrogen-bond donors (Lipinski definition) is 2. The first-order valence-electron chi connectivity index (χ1n) is 7.44. The zero-order valence-electron chi connectivity index (χ0n) is 13.0. The molecule has 0 radical (unpaired) electrons. The average Bonchev–Trinajstić information content (AvgIpc) is 2.44. The molecule has 1 aromatic carbocycles. The van der Waals surface area contributed by atoms with Crippen molar-refractivity contribution in [3.05, 3.63) is 29.3 Å². The van der Waals surface area contributed by atoms with E-state index in [1.165, 1.54) is 6.07 Å². The number of amides is 2. The molecule has 6 nitrogen and oxygen atoms in total. The Hall–Kier alpha value is -1.60. The standard InChI is InChI=1S/C15H23N3O3S/c1-11(2)5-7-17-15(19)18-8-6-12-3-4-14(22(16,20)21)9-13(12)10-18/h3-4,9,11H,5-8,10H2,1-2H3,(H,17,19)(H2,16,20,21). The van der Waals surface area contributed by atoms with E-state index in [-0.39, 0.29) is 10.9 Å². The van der Waals surface area contributed by atoms with E-state index in [0.717, 1.165) is 24.0 Å². The first kappa shape index (κ1) is 16.8. The van der Waals surface area contributed by atoms with E-state index in [9.17, 15) is 13.2 Å². The second kappa shape index (κ2) is 6.66. The quantitative estimate of drug-likeness (QED) is 0.877. The summed E-state index contributed by atoms with van der Waals surface area (Å²) < 4.78 is 22.8. The Labute approximate surface area is 131 Å². The summed E-state index contributed by atoms with van der Waals surface area (Å²) in [4.78, 5) is 13.9. The number of benzene rings is 1. The van der Waals surface area contributed by atoms with Gasteiger partial charge in [-0.15, -0.1) is 0 Å². The van der Waals surface area contributed by atoms with Gasteiger partial charge in [-0.3, -0.25) is 0 Å². The van der Waals surface area contributed by atoms with Gasteiger partial charge in [0.1, 0.15) is 0 Å². The predicted octanol–water partition coefficient (Wildman–Crippen LogP) is 1.45. The molecular weight excluding hydrogens is 302 g/mol. The van der Waals surface area contributed by atoms with Gasteiger partial charge in [-0.1, -0.05) is 19.9 Å². The Kier molecular flexibility index (Phi) is 5.08. The van der Waals surface area contributed by atoms with Gasteiger partial charge in [0.2, 0.25) is 10.0 Å². The molecule has 1 aliphatic heterocycles. The van der Waals surface area contributed by atoms with Gasteiger partial charge >= 0.3 is 6.03 Å². The Morgan fingerprint density at radius 2 is 2.09 bits per heavy atom. The topological polar surface area (TPSA) is 92.5 Å². The third-order valence-corrected chi connectivity index (χ3v) is 4.71. The number of carbonyl (C=O) groups excluding carboxylic acids is 1. The Balaban J connectivity index is 2.05. The number of nitrogens with zero attached hydrogens (tertiary/aromatic N) is 1. The van der Waals surface area contributed by atoms with E-state index < -0.39 is 10.0 Å². The molecular formula is C15H23N3O3S. The maximum Gasteiger partial charge on any atom is 0.317 e. The molecule has 0 atom stereocenters. The zero-order valence-corrected chi connectivity index (χ0v) is 13.8. The van der Waals surface area contributed by atoms with Crippen LogP contribution in [0, 0.1) is 5.92 Å². The van der Waals surface area contributed by atoms with Gasteiger partial charge in [0.05, 0.1) is 4.90 Å².